The predicted molar refractivity (Wildman–Crippen MR) is 92.5 cm³/mol. The van der Waals surface area contributed by atoms with Crippen molar-refractivity contribution in [1.82, 2.24) is 14.7 Å². The minimum absolute atomic E-state index is 0.103. The molecule has 1 N–H and O–H groups in total. The van der Waals surface area contributed by atoms with Crippen LogP contribution in [0.15, 0.2) is 30.6 Å². The molecule has 27 heavy (non-hydrogen) atoms. The van der Waals surface area contributed by atoms with Gasteiger partial charge in [0.15, 0.2) is 0 Å². The third kappa shape index (κ3) is 3.34. The van der Waals surface area contributed by atoms with Crippen molar-refractivity contribution < 1.29 is 23.9 Å². The third-order valence-corrected chi connectivity index (χ3v) is 5.19. The summed E-state index contributed by atoms with van der Waals surface area (Å²) in [5.74, 6) is -1.68. The molecule has 2 aliphatic rings. The van der Waals surface area contributed by atoms with Crippen molar-refractivity contribution >= 4 is 17.7 Å². The predicted octanol–water partition coefficient (Wildman–Crippen LogP) is 2.11. The summed E-state index contributed by atoms with van der Waals surface area (Å²) in [5.41, 5.74) is 1.21. The molecule has 2 aliphatic heterocycles. The number of benzene rings is 1. The van der Waals surface area contributed by atoms with Gasteiger partial charge in [0, 0.05) is 42.2 Å². The smallest absolute Gasteiger partial charge is 0.325 e. The second kappa shape index (κ2) is 6.61. The first-order valence-corrected chi connectivity index (χ1v) is 8.80. The molecule has 2 fully saturated rings. The average Bonchev–Trinajstić information content (AvgIpc) is 3.16. The van der Waals surface area contributed by atoms with Crippen LogP contribution in [-0.4, -0.2) is 49.5 Å². The van der Waals surface area contributed by atoms with Gasteiger partial charge in [-0.3, -0.25) is 19.1 Å². The van der Waals surface area contributed by atoms with Crippen molar-refractivity contribution in [3.63, 3.8) is 0 Å². The summed E-state index contributed by atoms with van der Waals surface area (Å²) in [6.45, 7) is -0.299. The number of aromatic nitrogens is 2. The fraction of sp³-hybridized carbons (Fsp3) is 0.368. The van der Waals surface area contributed by atoms with Gasteiger partial charge < -0.3 is 10.0 Å². The number of rotatable bonds is 4. The Balaban J connectivity index is 1.63. The number of Topliss-reactive ketones (excluding diaryl/α,β-unsaturated/α-hetero) is 1. The zero-order chi connectivity index (χ0) is 19.1. The summed E-state index contributed by atoms with van der Waals surface area (Å²) in [7, 11) is 0. The quantitative estimate of drug-likeness (QED) is 0.889. The normalized spacial score (nSPS) is 21.5. The van der Waals surface area contributed by atoms with Crippen molar-refractivity contribution in [3.05, 3.63) is 42.0 Å². The monoisotopic (exact) mass is 371 g/mol. The maximum atomic E-state index is 14.2. The largest absolute Gasteiger partial charge is 0.480 e. The lowest BCUT2D eigenvalue weighted by atomic mass is 9.99. The lowest BCUT2D eigenvalue weighted by Crippen LogP contribution is -2.46. The lowest BCUT2D eigenvalue weighted by Gasteiger charge is -2.34. The van der Waals surface area contributed by atoms with Gasteiger partial charge in [0.1, 0.15) is 18.1 Å². The summed E-state index contributed by atoms with van der Waals surface area (Å²) >= 11 is 0. The number of fused-ring (bicyclic) bond motifs is 2. The molecule has 140 valence electrons. The average molecular weight is 371 g/mol. The molecule has 2 atom stereocenters. The molecule has 2 bridgehead atoms. The Labute approximate surface area is 154 Å². The van der Waals surface area contributed by atoms with Crippen LogP contribution in [0.5, 0.6) is 0 Å². The lowest BCUT2D eigenvalue weighted by molar-refractivity contribution is -0.137. The number of hydrogen-bond donors (Lipinski definition) is 1. The van der Waals surface area contributed by atoms with E-state index in [4.69, 9.17) is 5.11 Å². The number of amides is 1. The fourth-order valence-electron chi connectivity index (χ4n) is 4.07. The van der Waals surface area contributed by atoms with Gasteiger partial charge in [0.05, 0.1) is 6.20 Å². The summed E-state index contributed by atoms with van der Waals surface area (Å²) in [6, 6.07) is 3.86. The molecule has 3 heterocycles. The molecule has 0 saturated carbocycles. The van der Waals surface area contributed by atoms with Gasteiger partial charge in [-0.15, -0.1) is 0 Å². The molecule has 0 spiro atoms. The van der Waals surface area contributed by atoms with Crippen LogP contribution in [0.3, 0.4) is 0 Å². The number of carboxylic acids is 1. The first kappa shape index (κ1) is 17.4. The number of halogens is 1. The van der Waals surface area contributed by atoms with E-state index in [1.807, 2.05) is 0 Å². The van der Waals surface area contributed by atoms with E-state index in [0.717, 1.165) is 12.8 Å². The first-order chi connectivity index (χ1) is 12.9. The minimum Gasteiger partial charge on any atom is -0.480 e. The van der Waals surface area contributed by atoms with Crippen LogP contribution in [0, 0.1) is 5.82 Å². The van der Waals surface area contributed by atoms with E-state index in [2.05, 4.69) is 5.10 Å². The van der Waals surface area contributed by atoms with Crippen molar-refractivity contribution in [3.8, 4) is 11.1 Å². The molecular weight excluding hydrogens is 353 g/mol. The Morgan fingerprint density at radius 3 is 2.52 bits per heavy atom. The second-order valence-corrected chi connectivity index (χ2v) is 7.09. The van der Waals surface area contributed by atoms with Crippen LogP contribution in [0.25, 0.3) is 11.1 Å². The minimum atomic E-state index is -1.03. The summed E-state index contributed by atoms with van der Waals surface area (Å²) in [5, 5.41) is 12.8. The van der Waals surface area contributed by atoms with Gasteiger partial charge in [-0.1, -0.05) is 0 Å². The molecule has 2 saturated heterocycles. The molecule has 0 aliphatic carbocycles. The summed E-state index contributed by atoms with van der Waals surface area (Å²) in [4.78, 5) is 37.3. The number of carbonyl (C=O) groups excluding carboxylic acids is 2. The number of carbonyl (C=O) groups is 3. The molecule has 7 nitrogen and oxygen atoms in total. The Bertz CT molecular complexity index is 923. The number of piperidine rings is 1. The van der Waals surface area contributed by atoms with Crippen molar-refractivity contribution in [2.45, 2.75) is 44.3 Å². The van der Waals surface area contributed by atoms with E-state index in [-0.39, 0.29) is 35.9 Å². The van der Waals surface area contributed by atoms with Gasteiger partial charge in [-0.25, -0.2) is 4.39 Å². The molecular formula is C19H18FN3O4. The SMILES string of the molecule is O=C(O)Cn1cc(-c2cc(F)cc(C(=O)N3[C@@H]4CC[C@@H]3CC(=O)C4)c2)cn1. The fourth-order valence-corrected chi connectivity index (χ4v) is 4.07. The molecule has 0 radical (unpaired) electrons. The molecule has 2 aromatic rings. The Hall–Kier alpha value is -3.03. The van der Waals surface area contributed by atoms with Gasteiger partial charge in [-0.2, -0.15) is 5.10 Å². The zero-order valence-electron chi connectivity index (χ0n) is 14.5. The van der Waals surface area contributed by atoms with Crippen LogP contribution in [0.1, 0.15) is 36.0 Å². The maximum Gasteiger partial charge on any atom is 0.325 e. The first-order valence-electron chi connectivity index (χ1n) is 8.80. The van der Waals surface area contributed by atoms with Crippen LogP contribution < -0.4 is 0 Å². The molecule has 4 rings (SSSR count). The van der Waals surface area contributed by atoms with Crippen molar-refractivity contribution in [2.24, 2.45) is 0 Å². The summed E-state index contributed by atoms with van der Waals surface area (Å²) < 4.78 is 15.4. The molecule has 1 aromatic carbocycles. The molecule has 1 amide bonds. The second-order valence-electron chi connectivity index (χ2n) is 7.09. The molecule has 8 heteroatoms. The highest BCUT2D eigenvalue weighted by molar-refractivity contribution is 5.97. The van der Waals surface area contributed by atoms with E-state index in [1.54, 1.807) is 11.0 Å². The number of nitrogens with zero attached hydrogens (tertiary/aromatic N) is 3. The topological polar surface area (TPSA) is 92.5 Å². The number of ketones is 1. The molecule has 0 unspecified atom stereocenters. The van der Waals surface area contributed by atoms with Crippen LogP contribution in [0.2, 0.25) is 0 Å². The van der Waals surface area contributed by atoms with E-state index in [9.17, 15) is 18.8 Å². The van der Waals surface area contributed by atoms with Gasteiger partial charge in [0.2, 0.25) is 0 Å². The van der Waals surface area contributed by atoms with E-state index >= 15 is 0 Å². The van der Waals surface area contributed by atoms with Gasteiger partial charge in [0.25, 0.3) is 5.91 Å². The summed E-state index contributed by atoms with van der Waals surface area (Å²) in [6.07, 6.45) is 5.27. The number of hydrogen-bond acceptors (Lipinski definition) is 4. The third-order valence-electron chi connectivity index (χ3n) is 5.19. The highest BCUT2D eigenvalue weighted by atomic mass is 19.1. The standard InChI is InChI=1S/C19H18FN3O4/c20-14-4-11(13-8-21-22(9-13)10-18(25)26)3-12(5-14)19(27)23-15-1-2-16(23)7-17(24)6-15/h3-5,8-9,15-16H,1-2,6-7,10H2,(H,25,26)/t15-,16-/m1/s1. The zero-order valence-corrected chi connectivity index (χ0v) is 14.5. The number of carboxylic acid groups (broad SMARTS) is 1. The van der Waals surface area contributed by atoms with E-state index < -0.39 is 11.8 Å². The Kier molecular flexibility index (Phi) is 4.25. The number of aliphatic carboxylic acids is 1. The van der Waals surface area contributed by atoms with Gasteiger partial charge in [-0.05, 0) is 36.6 Å². The maximum absolute atomic E-state index is 14.2. The van der Waals surface area contributed by atoms with Crippen molar-refractivity contribution in [1.29, 1.82) is 0 Å². The highest BCUT2D eigenvalue weighted by Gasteiger charge is 2.43. The van der Waals surface area contributed by atoms with Crippen LogP contribution in [0.4, 0.5) is 4.39 Å². The van der Waals surface area contributed by atoms with Crippen molar-refractivity contribution in [2.75, 3.05) is 0 Å². The van der Waals surface area contributed by atoms with E-state index in [1.165, 1.54) is 29.2 Å². The highest BCUT2D eigenvalue weighted by Crippen LogP contribution is 2.35. The van der Waals surface area contributed by atoms with Crippen LogP contribution in [-0.2, 0) is 16.1 Å². The Morgan fingerprint density at radius 2 is 1.85 bits per heavy atom. The van der Waals surface area contributed by atoms with Crippen LogP contribution >= 0.6 is 0 Å². The Morgan fingerprint density at radius 1 is 1.15 bits per heavy atom. The van der Waals surface area contributed by atoms with Gasteiger partial charge >= 0.3 is 5.97 Å². The molecule has 1 aromatic heterocycles. The van der Waals surface area contributed by atoms with E-state index in [0.29, 0.717) is 24.0 Å².